The van der Waals surface area contributed by atoms with Crippen LogP contribution in [0.25, 0.3) is 5.76 Å². The first-order valence-electron chi connectivity index (χ1n) is 12.2. The van der Waals surface area contributed by atoms with Gasteiger partial charge in [0, 0.05) is 23.1 Å². The molecule has 39 heavy (non-hydrogen) atoms. The third-order valence-corrected chi connectivity index (χ3v) is 6.53. The summed E-state index contributed by atoms with van der Waals surface area (Å²) in [6.45, 7) is 0. The van der Waals surface area contributed by atoms with Gasteiger partial charge in [0.25, 0.3) is 11.7 Å². The van der Waals surface area contributed by atoms with E-state index >= 15 is 0 Å². The number of ether oxygens (including phenoxy) is 2. The van der Waals surface area contributed by atoms with Gasteiger partial charge in [-0.2, -0.15) is 0 Å². The quantitative estimate of drug-likeness (QED) is 0.160. The summed E-state index contributed by atoms with van der Waals surface area (Å²) in [5, 5.41) is 24.6. The van der Waals surface area contributed by atoms with E-state index < -0.39 is 17.7 Å². The average Bonchev–Trinajstić information content (AvgIpc) is 3.23. The Labute approximate surface area is 225 Å². The molecule has 8 heteroatoms. The standard InChI is InChI=1S/C31H26N2O6/c1-38-24-16-17-25(26(18-24)39-2)29(35)27-28(19-8-14-23(34)15-9-19)33(31(37)30(27)36)22-12-10-21(11-13-22)32-20-6-4-3-5-7-20/h3-18,28,32,34-35H,1-2H3/b29-27-. The van der Waals surface area contributed by atoms with Gasteiger partial charge in [-0.05, 0) is 66.2 Å². The van der Waals surface area contributed by atoms with Gasteiger partial charge in [0.2, 0.25) is 0 Å². The number of anilines is 3. The highest BCUT2D eigenvalue weighted by Gasteiger charge is 2.47. The van der Waals surface area contributed by atoms with Crippen molar-refractivity contribution in [3.8, 4) is 17.2 Å². The van der Waals surface area contributed by atoms with Crippen LogP contribution in [0.2, 0.25) is 0 Å². The summed E-state index contributed by atoms with van der Waals surface area (Å²) in [5.41, 5.74) is 2.85. The van der Waals surface area contributed by atoms with Gasteiger partial charge in [0.15, 0.2) is 0 Å². The van der Waals surface area contributed by atoms with Crippen molar-refractivity contribution >= 4 is 34.5 Å². The van der Waals surface area contributed by atoms with Crippen LogP contribution < -0.4 is 19.7 Å². The fraction of sp³-hybridized carbons (Fsp3) is 0.0968. The van der Waals surface area contributed by atoms with Crippen molar-refractivity contribution in [2.75, 3.05) is 24.4 Å². The first-order valence-corrected chi connectivity index (χ1v) is 12.2. The number of nitrogens with zero attached hydrogens (tertiary/aromatic N) is 1. The van der Waals surface area contributed by atoms with Gasteiger partial charge >= 0.3 is 0 Å². The first-order chi connectivity index (χ1) is 18.9. The van der Waals surface area contributed by atoms with Gasteiger partial charge in [-0.25, -0.2) is 0 Å². The molecule has 0 saturated carbocycles. The molecule has 1 heterocycles. The summed E-state index contributed by atoms with van der Waals surface area (Å²) in [6.07, 6.45) is 0. The Morgan fingerprint density at radius 1 is 0.821 bits per heavy atom. The van der Waals surface area contributed by atoms with Crippen molar-refractivity contribution in [3.63, 3.8) is 0 Å². The number of Topliss-reactive ketones (excluding diaryl/α,β-unsaturated/α-hetero) is 1. The number of nitrogens with one attached hydrogen (secondary N) is 1. The zero-order chi connectivity index (χ0) is 27.5. The third kappa shape index (κ3) is 4.87. The molecule has 0 radical (unpaired) electrons. The molecular weight excluding hydrogens is 496 g/mol. The van der Waals surface area contributed by atoms with E-state index in [0.29, 0.717) is 17.0 Å². The smallest absolute Gasteiger partial charge is 0.300 e. The minimum atomic E-state index is -0.953. The van der Waals surface area contributed by atoms with Crippen LogP contribution >= 0.6 is 0 Å². The molecule has 5 rings (SSSR count). The molecule has 1 atom stereocenters. The predicted octanol–water partition coefficient (Wildman–Crippen LogP) is 5.78. The van der Waals surface area contributed by atoms with Crippen molar-refractivity contribution < 1.29 is 29.3 Å². The zero-order valence-corrected chi connectivity index (χ0v) is 21.3. The van der Waals surface area contributed by atoms with Crippen LogP contribution in [0.1, 0.15) is 17.2 Å². The maximum absolute atomic E-state index is 13.4. The fourth-order valence-electron chi connectivity index (χ4n) is 4.60. The molecule has 0 aliphatic carbocycles. The lowest BCUT2D eigenvalue weighted by Gasteiger charge is -2.26. The van der Waals surface area contributed by atoms with Crippen molar-refractivity contribution in [1.82, 2.24) is 0 Å². The second-order valence-electron chi connectivity index (χ2n) is 8.86. The van der Waals surface area contributed by atoms with E-state index in [-0.39, 0.29) is 28.4 Å². The molecule has 1 aliphatic heterocycles. The van der Waals surface area contributed by atoms with Crippen LogP contribution in [0.15, 0.2) is 103 Å². The van der Waals surface area contributed by atoms with E-state index in [9.17, 15) is 19.8 Å². The molecule has 1 aliphatic rings. The molecule has 196 valence electrons. The number of benzene rings is 4. The summed E-state index contributed by atoms with van der Waals surface area (Å²) in [4.78, 5) is 28.2. The number of hydrogen-bond acceptors (Lipinski definition) is 7. The lowest BCUT2D eigenvalue weighted by atomic mass is 9.94. The van der Waals surface area contributed by atoms with Gasteiger partial charge in [0.1, 0.15) is 23.0 Å². The van der Waals surface area contributed by atoms with E-state index in [1.807, 2.05) is 42.5 Å². The van der Waals surface area contributed by atoms with E-state index in [2.05, 4.69) is 5.32 Å². The Bertz CT molecular complexity index is 1550. The Morgan fingerprint density at radius 2 is 1.49 bits per heavy atom. The van der Waals surface area contributed by atoms with Crippen molar-refractivity contribution in [1.29, 1.82) is 0 Å². The van der Waals surface area contributed by atoms with Gasteiger partial charge < -0.3 is 25.0 Å². The Kier molecular flexibility index (Phi) is 6.93. The third-order valence-electron chi connectivity index (χ3n) is 6.53. The van der Waals surface area contributed by atoms with Crippen molar-refractivity contribution in [3.05, 3.63) is 114 Å². The number of hydrogen-bond donors (Lipinski definition) is 3. The van der Waals surface area contributed by atoms with Crippen molar-refractivity contribution in [2.45, 2.75) is 6.04 Å². The number of phenolic OH excluding ortho intramolecular Hbond substituents is 1. The van der Waals surface area contributed by atoms with Crippen LogP contribution in [0, 0.1) is 0 Å². The zero-order valence-electron chi connectivity index (χ0n) is 21.3. The van der Waals surface area contributed by atoms with Crippen LogP contribution in [-0.2, 0) is 9.59 Å². The number of ketones is 1. The van der Waals surface area contributed by atoms with Crippen LogP contribution in [0.3, 0.4) is 0 Å². The number of carbonyl (C=O) groups is 2. The number of phenols is 1. The molecule has 8 nitrogen and oxygen atoms in total. The van der Waals surface area contributed by atoms with Gasteiger partial charge in [0.05, 0.1) is 31.4 Å². The molecule has 1 unspecified atom stereocenters. The molecular formula is C31H26N2O6. The highest BCUT2D eigenvalue weighted by molar-refractivity contribution is 6.51. The number of aliphatic hydroxyl groups is 1. The number of aromatic hydroxyl groups is 1. The fourth-order valence-corrected chi connectivity index (χ4v) is 4.60. The van der Waals surface area contributed by atoms with E-state index in [0.717, 1.165) is 11.4 Å². The summed E-state index contributed by atoms with van der Waals surface area (Å²) >= 11 is 0. The highest BCUT2D eigenvalue weighted by Crippen LogP contribution is 2.44. The van der Waals surface area contributed by atoms with E-state index in [4.69, 9.17) is 9.47 Å². The molecule has 1 saturated heterocycles. The molecule has 3 N–H and O–H groups in total. The Balaban J connectivity index is 1.61. The summed E-state index contributed by atoms with van der Waals surface area (Å²) in [7, 11) is 2.94. The number of rotatable bonds is 7. The number of para-hydroxylation sites is 1. The van der Waals surface area contributed by atoms with Crippen LogP contribution in [-0.4, -0.2) is 36.1 Å². The number of aliphatic hydroxyl groups excluding tert-OH is 1. The highest BCUT2D eigenvalue weighted by atomic mass is 16.5. The van der Waals surface area contributed by atoms with Crippen LogP contribution in [0.4, 0.5) is 17.1 Å². The molecule has 4 aromatic carbocycles. The monoisotopic (exact) mass is 522 g/mol. The molecule has 4 aromatic rings. The van der Waals surface area contributed by atoms with E-state index in [1.165, 1.54) is 31.3 Å². The number of methoxy groups -OCH3 is 2. The lowest BCUT2D eigenvalue weighted by Crippen LogP contribution is -2.29. The van der Waals surface area contributed by atoms with Gasteiger partial charge in [-0.1, -0.05) is 30.3 Å². The SMILES string of the molecule is COc1ccc(/C(O)=C2/C(=O)C(=O)N(c3ccc(Nc4ccccc4)cc3)C2c2ccc(O)cc2)c(OC)c1. The molecule has 0 aromatic heterocycles. The Morgan fingerprint density at radius 3 is 2.13 bits per heavy atom. The maximum atomic E-state index is 13.4. The minimum Gasteiger partial charge on any atom is -0.508 e. The molecule has 1 amide bonds. The number of carbonyl (C=O) groups excluding carboxylic acids is 2. The maximum Gasteiger partial charge on any atom is 0.300 e. The van der Waals surface area contributed by atoms with Crippen LogP contribution in [0.5, 0.6) is 17.2 Å². The first kappa shape index (κ1) is 25.4. The molecule has 0 spiro atoms. The summed E-state index contributed by atoms with van der Waals surface area (Å²) < 4.78 is 10.7. The second kappa shape index (κ2) is 10.6. The van der Waals surface area contributed by atoms with Gasteiger partial charge in [-0.3, -0.25) is 14.5 Å². The number of amides is 1. The molecule has 0 bridgehead atoms. The predicted molar refractivity (Wildman–Crippen MR) is 149 cm³/mol. The van der Waals surface area contributed by atoms with Crippen molar-refractivity contribution in [2.24, 2.45) is 0 Å². The summed E-state index contributed by atoms with van der Waals surface area (Å²) in [5.74, 6) is -1.19. The lowest BCUT2D eigenvalue weighted by molar-refractivity contribution is -0.132. The second-order valence-corrected chi connectivity index (χ2v) is 8.86. The van der Waals surface area contributed by atoms with Gasteiger partial charge in [-0.15, -0.1) is 0 Å². The largest absolute Gasteiger partial charge is 0.508 e. The summed E-state index contributed by atoms with van der Waals surface area (Å²) in [6, 6.07) is 26.7. The molecule has 1 fully saturated rings. The van der Waals surface area contributed by atoms with E-state index in [1.54, 1.807) is 42.5 Å². The normalized spacial score (nSPS) is 16.3. The Hall–Kier alpha value is -5.24. The topological polar surface area (TPSA) is 108 Å². The average molecular weight is 523 g/mol. The minimum absolute atomic E-state index is 0.0314.